The first-order chi connectivity index (χ1) is 20.6. The van der Waals surface area contributed by atoms with Gasteiger partial charge in [-0.3, -0.25) is 14.6 Å². The molecule has 43 heavy (non-hydrogen) atoms. The molecule has 0 aliphatic carbocycles. The summed E-state index contributed by atoms with van der Waals surface area (Å²) < 4.78 is 5.22. The van der Waals surface area contributed by atoms with Crippen LogP contribution in [0.2, 0.25) is 0 Å². The fraction of sp³-hybridized carbons (Fsp3) is 0.371. The topological polar surface area (TPSA) is 121 Å². The Balaban J connectivity index is 1.91. The Bertz CT molecular complexity index is 1820. The second-order valence-electron chi connectivity index (χ2n) is 11.5. The molecule has 0 fully saturated rings. The van der Waals surface area contributed by atoms with Crippen LogP contribution in [0.5, 0.6) is 0 Å². The highest BCUT2D eigenvalue weighted by Gasteiger charge is 2.33. The van der Waals surface area contributed by atoms with Gasteiger partial charge in [-0.1, -0.05) is 26.5 Å². The average Bonchev–Trinajstić information content (AvgIpc) is 3.65. The molecule has 224 valence electrons. The summed E-state index contributed by atoms with van der Waals surface area (Å²) in [6.45, 7) is 16.6. The van der Waals surface area contributed by atoms with Crippen molar-refractivity contribution in [3.05, 3.63) is 75.4 Å². The second-order valence-corrected chi connectivity index (χ2v) is 11.5. The summed E-state index contributed by atoms with van der Waals surface area (Å²) in [5, 5.41) is 10.0. The van der Waals surface area contributed by atoms with Crippen LogP contribution in [0.25, 0.3) is 39.8 Å². The number of nitrogens with one attached hydrogen (secondary N) is 2. The van der Waals surface area contributed by atoms with E-state index in [4.69, 9.17) is 14.7 Å². The predicted octanol–water partition coefficient (Wildman–Crippen LogP) is 7.56. The molecule has 3 aromatic heterocycles. The third-order valence-corrected chi connectivity index (χ3v) is 8.82. The maximum Gasteiger partial charge on any atom is 0.307 e. The number of fused-ring (bicyclic) bond motifs is 8. The Morgan fingerprint density at radius 2 is 1.72 bits per heavy atom. The third-order valence-electron chi connectivity index (χ3n) is 8.82. The molecule has 3 N–H and O–H groups in total. The number of aryl methyl sites for hydroxylation is 3. The van der Waals surface area contributed by atoms with Gasteiger partial charge in [-0.25, -0.2) is 4.98 Å². The number of carbonyl (C=O) groups excluding carboxylic acids is 1. The summed E-state index contributed by atoms with van der Waals surface area (Å²) in [5.41, 5.74) is 12.7. The Kier molecular flexibility index (Phi) is 8.40. The number of aromatic amines is 2. The molecule has 8 heteroatoms. The van der Waals surface area contributed by atoms with Gasteiger partial charge < -0.3 is 19.8 Å². The van der Waals surface area contributed by atoms with Crippen LogP contribution >= 0.6 is 0 Å². The van der Waals surface area contributed by atoms with Gasteiger partial charge in [0.1, 0.15) is 0 Å². The van der Waals surface area contributed by atoms with Crippen molar-refractivity contribution >= 4 is 51.7 Å². The number of esters is 1. The van der Waals surface area contributed by atoms with E-state index in [1.165, 1.54) is 11.1 Å². The van der Waals surface area contributed by atoms with Crippen molar-refractivity contribution in [3.63, 3.8) is 0 Å². The highest BCUT2D eigenvalue weighted by Crippen LogP contribution is 2.42. The fourth-order valence-electron chi connectivity index (χ4n) is 6.41. The van der Waals surface area contributed by atoms with Crippen LogP contribution < -0.4 is 0 Å². The zero-order valence-corrected chi connectivity index (χ0v) is 25.9. The number of hydrogen-bond donors (Lipinski definition) is 3. The number of carboxylic acids is 1. The molecule has 0 saturated carbocycles. The minimum Gasteiger partial charge on any atom is -0.481 e. The van der Waals surface area contributed by atoms with E-state index < -0.39 is 5.97 Å². The van der Waals surface area contributed by atoms with Crippen LogP contribution in [0, 0.1) is 13.8 Å². The van der Waals surface area contributed by atoms with Crippen LogP contribution in [-0.4, -0.2) is 43.6 Å². The smallest absolute Gasteiger partial charge is 0.307 e. The van der Waals surface area contributed by atoms with Gasteiger partial charge in [-0.15, -0.1) is 0 Å². The molecule has 0 radical (unpaired) electrons. The van der Waals surface area contributed by atoms with Gasteiger partial charge in [0, 0.05) is 57.1 Å². The molecule has 2 aliphatic rings. The Morgan fingerprint density at radius 3 is 2.40 bits per heavy atom. The number of ether oxygens (including phenoxy) is 1. The molecule has 0 unspecified atom stereocenters. The molecule has 5 heterocycles. The van der Waals surface area contributed by atoms with Gasteiger partial charge in [-0.2, -0.15) is 0 Å². The van der Waals surface area contributed by atoms with E-state index in [0.29, 0.717) is 30.0 Å². The van der Waals surface area contributed by atoms with Crippen LogP contribution in [0.4, 0.5) is 0 Å². The summed E-state index contributed by atoms with van der Waals surface area (Å²) in [5.74, 6) is -1.47. The average molecular weight is 581 g/mol. The fourth-order valence-corrected chi connectivity index (χ4v) is 6.41. The van der Waals surface area contributed by atoms with E-state index >= 15 is 0 Å². The van der Waals surface area contributed by atoms with Crippen LogP contribution in [0.3, 0.4) is 0 Å². The maximum absolute atomic E-state index is 12.4. The standard InChI is InChI=1S/C35H40N4O4/c1-8-22-20(6)28-17-32-23(9-2)19(5)27(37-32)16-29-21(7)24(11-12-34(42)43-10-3)35(39-29)25(14-33(40)41)30-13-18(4)26(36-30)15-31(22)38-28/h9,13,15-17,21,24,37-38H,2,8,10-12,14H2,1,3-7H3,(H,40,41)/t21-,24-/m0/s1. The van der Waals surface area contributed by atoms with Gasteiger partial charge in [-0.05, 0) is 87.1 Å². The van der Waals surface area contributed by atoms with Crippen molar-refractivity contribution in [3.8, 4) is 0 Å². The van der Waals surface area contributed by atoms with Crippen molar-refractivity contribution in [2.24, 2.45) is 0 Å². The first kappa shape index (κ1) is 30.0. The van der Waals surface area contributed by atoms with E-state index in [-0.39, 0.29) is 30.6 Å². The molecule has 0 aromatic carbocycles. The van der Waals surface area contributed by atoms with Crippen molar-refractivity contribution in [1.82, 2.24) is 19.9 Å². The highest BCUT2D eigenvalue weighted by atomic mass is 16.5. The lowest BCUT2D eigenvalue weighted by atomic mass is 9.85. The minimum atomic E-state index is -0.957. The molecular formula is C35H40N4O4. The number of carboxylic acid groups (broad SMARTS) is 1. The number of aliphatic carboxylic acids is 1. The number of allylic oxidation sites excluding steroid dienone is 1. The summed E-state index contributed by atoms with van der Waals surface area (Å²) >= 11 is 0. The molecule has 5 rings (SSSR count). The Hall–Kier alpha value is -4.46. The number of hydrogen-bond acceptors (Lipinski definition) is 5. The Labute approximate surface area is 252 Å². The van der Waals surface area contributed by atoms with E-state index in [0.717, 1.165) is 56.6 Å². The predicted molar refractivity (Wildman–Crippen MR) is 172 cm³/mol. The van der Waals surface area contributed by atoms with Gasteiger partial charge in [0.05, 0.1) is 30.1 Å². The second kappa shape index (κ2) is 12.0. The van der Waals surface area contributed by atoms with Gasteiger partial charge >= 0.3 is 11.9 Å². The third kappa shape index (κ3) is 5.66. The van der Waals surface area contributed by atoms with E-state index in [1.54, 1.807) is 6.92 Å². The number of nitrogens with zero attached hydrogens (tertiary/aromatic N) is 2. The molecular weight excluding hydrogens is 540 g/mol. The van der Waals surface area contributed by atoms with Gasteiger partial charge in [0.15, 0.2) is 0 Å². The van der Waals surface area contributed by atoms with Crippen LogP contribution in [0.1, 0.15) is 103 Å². The summed E-state index contributed by atoms with van der Waals surface area (Å²) in [6, 6.07) is 6.23. The van der Waals surface area contributed by atoms with E-state index in [2.05, 4.69) is 56.4 Å². The molecule has 0 amide bonds. The first-order valence-corrected chi connectivity index (χ1v) is 15.0. The number of carbonyl (C=O) groups is 2. The normalized spacial score (nSPS) is 16.2. The number of rotatable bonds is 8. The maximum atomic E-state index is 12.4. The molecule has 2 aliphatic heterocycles. The molecule has 0 saturated heterocycles. The van der Waals surface area contributed by atoms with Crippen molar-refractivity contribution in [2.75, 3.05) is 6.61 Å². The Morgan fingerprint density at radius 1 is 1.00 bits per heavy atom. The zero-order valence-electron chi connectivity index (χ0n) is 25.9. The number of aromatic nitrogens is 4. The van der Waals surface area contributed by atoms with Crippen molar-refractivity contribution in [1.29, 1.82) is 0 Å². The van der Waals surface area contributed by atoms with Crippen LogP contribution in [0.15, 0.2) is 24.8 Å². The summed E-state index contributed by atoms with van der Waals surface area (Å²) in [7, 11) is 0. The number of H-pyrrole nitrogens is 2. The van der Waals surface area contributed by atoms with Gasteiger partial charge in [0.2, 0.25) is 0 Å². The SMILES string of the molecule is C=Cc1c(C)c2cc3nc(c(CC(=O)O)c4nc(cc5[nH]c(cc1[nH]2)c(C)c5CC)C(C)=C4)[C@@H](CCC(=O)OCC)[C@@H]3C. The van der Waals surface area contributed by atoms with Gasteiger partial charge in [0.25, 0.3) is 0 Å². The zero-order chi connectivity index (χ0) is 31.0. The molecule has 2 atom stereocenters. The quantitative estimate of drug-likeness (QED) is 0.237. The summed E-state index contributed by atoms with van der Waals surface area (Å²) in [4.78, 5) is 41.9. The lowest BCUT2D eigenvalue weighted by Crippen LogP contribution is -2.12. The van der Waals surface area contributed by atoms with E-state index in [1.807, 2.05) is 25.1 Å². The lowest BCUT2D eigenvalue weighted by molar-refractivity contribution is -0.143. The monoisotopic (exact) mass is 580 g/mol. The van der Waals surface area contributed by atoms with Crippen LogP contribution in [-0.2, 0) is 27.2 Å². The lowest BCUT2D eigenvalue weighted by Gasteiger charge is -2.17. The summed E-state index contributed by atoms with van der Waals surface area (Å²) in [6.07, 6.45) is 5.15. The molecule has 8 bridgehead atoms. The van der Waals surface area contributed by atoms with Crippen molar-refractivity contribution in [2.45, 2.75) is 79.1 Å². The molecule has 8 nitrogen and oxygen atoms in total. The molecule has 0 spiro atoms. The van der Waals surface area contributed by atoms with E-state index in [9.17, 15) is 14.7 Å². The first-order valence-electron chi connectivity index (χ1n) is 15.0. The van der Waals surface area contributed by atoms with Crippen molar-refractivity contribution < 1.29 is 19.4 Å². The highest BCUT2D eigenvalue weighted by molar-refractivity contribution is 5.87. The largest absolute Gasteiger partial charge is 0.481 e. The molecule has 3 aromatic rings. The minimum absolute atomic E-state index is 0.0618.